The molecule has 0 aliphatic carbocycles. The second kappa shape index (κ2) is 7.63. The SMILES string of the molecule is CC(C)=CCOc1ccc([B-](F)(F)F)cc1.[K+]. The van der Waals surface area contributed by atoms with Crippen molar-refractivity contribution < 1.29 is 69.1 Å². The summed E-state index contributed by atoms with van der Waals surface area (Å²) in [5.74, 6) is 0.446. The van der Waals surface area contributed by atoms with E-state index in [1.807, 2.05) is 19.9 Å². The summed E-state index contributed by atoms with van der Waals surface area (Å²) in [6, 6.07) is 4.75. The number of hydrogen-bond acceptors (Lipinski definition) is 1. The Morgan fingerprint density at radius 3 is 2.12 bits per heavy atom. The fourth-order valence-corrected chi connectivity index (χ4v) is 1.09. The summed E-state index contributed by atoms with van der Waals surface area (Å²) < 4.78 is 42.1. The zero-order valence-electron chi connectivity index (χ0n) is 10.2. The molecule has 0 heterocycles. The monoisotopic (exact) mass is 268 g/mol. The van der Waals surface area contributed by atoms with E-state index in [0.29, 0.717) is 12.4 Å². The number of rotatable bonds is 4. The summed E-state index contributed by atoms with van der Waals surface area (Å²) in [7, 11) is 0. The average molecular weight is 268 g/mol. The third kappa shape index (κ3) is 6.67. The van der Waals surface area contributed by atoms with Crippen molar-refractivity contribution in [2.45, 2.75) is 13.8 Å². The van der Waals surface area contributed by atoms with Crippen LogP contribution in [0, 0.1) is 0 Å². The number of benzene rings is 1. The zero-order chi connectivity index (χ0) is 12.2. The van der Waals surface area contributed by atoms with Gasteiger partial charge in [0.25, 0.3) is 0 Å². The van der Waals surface area contributed by atoms with E-state index < -0.39 is 12.4 Å². The van der Waals surface area contributed by atoms with Crippen molar-refractivity contribution in [3.8, 4) is 5.75 Å². The molecular formula is C11H13BF3KO. The van der Waals surface area contributed by atoms with Crippen molar-refractivity contribution >= 4 is 12.4 Å². The molecular weight excluding hydrogens is 255 g/mol. The van der Waals surface area contributed by atoms with E-state index in [4.69, 9.17) is 4.74 Å². The second-order valence-corrected chi connectivity index (χ2v) is 3.74. The van der Waals surface area contributed by atoms with Crippen LogP contribution in [0.3, 0.4) is 0 Å². The standard InChI is InChI=1S/C11H13BF3O.K/c1-9(2)7-8-16-11-5-3-10(4-6-11)12(13,14)15;/h3-7H,8H2,1-2H3;/q-1;+1. The molecule has 1 nitrogen and oxygen atoms in total. The van der Waals surface area contributed by atoms with E-state index in [0.717, 1.165) is 17.7 Å². The summed E-state index contributed by atoms with van der Waals surface area (Å²) in [5.41, 5.74) is 0.504. The minimum absolute atomic E-state index is 0. The molecule has 0 atom stereocenters. The van der Waals surface area contributed by atoms with Gasteiger partial charge >= 0.3 is 58.4 Å². The van der Waals surface area contributed by atoms with Crippen LogP contribution >= 0.6 is 0 Å². The fraction of sp³-hybridized carbons (Fsp3) is 0.273. The predicted octanol–water partition coefficient (Wildman–Crippen LogP) is 0.0900. The Hall–Kier alpha value is 0.251. The van der Waals surface area contributed by atoms with Crippen LogP contribution in [-0.2, 0) is 0 Å². The number of hydrogen-bond donors (Lipinski definition) is 0. The van der Waals surface area contributed by atoms with Gasteiger partial charge in [0.1, 0.15) is 12.4 Å². The van der Waals surface area contributed by atoms with Crippen LogP contribution in [0.2, 0.25) is 0 Å². The Morgan fingerprint density at radius 2 is 1.71 bits per heavy atom. The van der Waals surface area contributed by atoms with Crippen molar-refractivity contribution in [2.24, 2.45) is 0 Å². The predicted molar refractivity (Wildman–Crippen MR) is 60.1 cm³/mol. The van der Waals surface area contributed by atoms with Gasteiger partial charge in [-0.2, -0.15) is 0 Å². The van der Waals surface area contributed by atoms with Gasteiger partial charge in [0.2, 0.25) is 0 Å². The molecule has 17 heavy (non-hydrogen) atoms. The quantitative estimate of drug-likeness (QED) is 0.555. The van der Waals surface area contributed by atoms with Crippen LogP contribution in [-0.4, -0.2) is 13.6 Å². The topological polar surface area (TPSA) is 9.23 Å². The molecule has 0 fully saturated rings. The van der Waals surface area contributed by atoms with Crippen molar-refractivity contribution in [3.05, 3.63) is 35.9 Å². The minimum atomic E-state index is -4.91. The van der Waals surface area contributed by atoms with E-state index in [2.05, 4.69) is 0 Å². The van der Waals surface area contributed by atoms with Gasteiger partial charge in [-0.25, -0.2) is 0 Å². The van der Waals surface area contributed by atoms with E-state index in [-0.39, 0.29) is 51.4 Å². The molecule has 0 radical (unpaired) electrons. The van der Waals surface area contributed by atoms with Crippen LogP contribution in [0.4, 0.5) is 12.9 Å². The Labute approximate surface area is 142 Å². The molecule has 0 unspecified atom stereocenters. The van der Waals surface area contributed by atoms with Gasteiger partial charge in [-0.05, 0) is 32.1 Å². The molecule has 1 aromatic carbocycles. The average Bonchev–Trinajstić information content (AvgIpc) is 2.16. The third-order valence-corrected chi connectivity index (χ3v) is 2.00. The second-order valence-electron chi connectivity index (χ2n) is 3.74. The summed E-state index contributed by atoms with van der Waals surface area (Å²) in [5, 5.41) is 0. The van der Waals surface area contributed by atoms with E-state index >= 15 is 0 Å². The molecule has 6 heteroatoms. The first-order chi connectivity index (χ1) is 7.39. The largest absolute Gasteiger partial charge is 1.00 e. The maximum Gasteiger partial charge on any atom is 1.00 e. The first-order valence-corrected chi connectivity index (χ1v) is 4.95. The summed E-state index contributed by atoms with van der Waals surface area (Å²) >= 11 is 0. The smallest absolute Gasteiger partial charge is 0.490 e. The van der Waals surface area contributed by atoms with Gasteiger partial charge in [-0.3, -0.25) is 0 Å². The van der Waals surface area contributed by atoms with Gasteiger partial charge < -0.3 is 17.7 Å². The Morgan fingerprint density at radius 1 is 1.18 bits per heavy atom. The molecule has 0 N–H and O–H groups in total. The van der Waals surface area contributed by atoms with E-state index in [1.54, 1.807) is 0 Å². The molecule has 0 bridgehead atoms. The van der Waals surface area contributed by atoms with Gasteiger partial charge in [-0.15, -0.1) is 5.46 Å². The number of allylic oxidation sites excluding steroid dienone is 1. The Kier molecular flexibility index (Phi) is 7.75. The first kappa shape index (κ1) is 17.3. The fourth-order valence-electron chi connectivity index (χ4n) is 1.09. The zero-order valence-corrected chi connectivity index (χ0v) is 13.3. The summed E-state index contributed by atoms with van der Waals surface area (Å²) in [6.45, 7) is -0.682. The Balaban J connectivity index is 0.00000256. The van der Waals surface area contributed by atoms with Crippen LogP contribution in [0.5, 0.6) is 5.75 Å². The van der Waals surface area contributed by atoms with Crippen LogP contribution < -0.4 is 61.6 Å². The van der Waals surface area contributed by atoms with Gasteiger partial charge in [0, 0.05) is 0 Å². The molecule has 0 aromatic heterocycles. The molecule has 0 saturated heterocycles. The molecule has 1 aromatic rings. The summed E-state index contributed by atoms with van der Waals surface area (Å²) in [4.78, 5) is 0. The van der Waals surface area contributed by atoms with E-state index in [9.17, 15) is 12.9 Å². The van der Waals surface area contributed by atoms with Gasteiger partial charge in [0.15, 0.2) is 0 Å². The minimum Gasteiger partial charge on any atom is -0.490 e. The van der Waals surface area contributed by atoms with Crippen molar-refractivity contribution in [2.75, 3.05) is 6.61 Å². The van der Waals surface area contributed by atoms with Crippen LogP contribution in [0.25, 0.3) is 0 Å². The van der Waals surface area contributed by atoms with E-state index in [1.165, 1.54) is 12.1 Å². The van der Waals surface area contributed by atoms with Crippen molar-refractivity contribution in [1.29, 1.82) is 0 Å². The maximum absolute atomic E-state index is 12.3. The molecule has 0 amide bonds. The first-order valence-electron chi connectivity index (χ1n) is 4.95. The van der Waals surface area contributed by atoms with Gasteiger partial charge in [-0.1, -0.05) is 17.7 Å². The molecule has 1 rings (SSSR count). The summed E-state index contributed by atoms with van der Waals surface area (Å²) in [6.07, 6.45) is 1.86. The van der Waals surface area contributed by atoms with Crippen molar-refractivity contribution in [3.63, 3.8) is 0 Å². The van der Waals surface area contributed by atoms with Crippen LogP contribution in [0.15, 0.2) is 35.9 Å². The normalized spacial score (nSPS) is 10.4. The Bertz CT molecular complexity index is 369. The third-order valence-electron chi connectivity index (χ3n) is 2.00. The van der Waals surface area contributed by atoms with Crippen molar-refractivity contribution in [1.82, 2.24) is 0 Å². The maximum atomic E-state index is 12.3. The molecule has 88 valence electrons. The molecule has 0 aliphatic heterocycles. The molecule has 0 spiro atoms. The molecule has 0 aliphatic rings. The number of ether oxygens (including phenoxy) is 1. The molecule has 0 saturated carbocycles. The number of halogens is 3. The van der Waals surface area contributed by atoms with Gasteiger partial charge in [0.05, 0.1) is 0 Å². The van der Waals surface area contributed by atoms with Crippen LogP contribution in [0.1, 0.15) is 13.8 Å².